The Labute approximate surface area is 102 Å². The molecule has 17 heavy (non-hydrogen) atoms. The SMILES string of the molecule is CCc1cc(S(=O)(=O)Cl)c(C#N)cc1[N+](=O)[O-]. The summed E-state index contributed by atoms with van der Waals surface area (Å²) in [4.78, 5) is 9.66. The molecule has 6 nitrogen and oxygen atoms in total. The summed E-state index contributed by atoms with van der Waals surface area (Å²) in [6, 6.07) is 3.57. The minimum Gasteiger partial charge on any atom is -0.258 e. The van der Waals surface area contributed by atoms with Crippen LogP contribution < -0.4 is 0 Å². The Morgan fingerprint density at radius 2 is 2.12 bits per heavy atom. The third-order valence-electron chi connectivity index (χ3n) is 2.14. The standard InChI is InChI=1S/C9H7ClN2O4S/c1-2-6-4-9(17(10,15)16)7(5-11)3-8(6)12(13)14/h3-4H,2H2,1H3. The highest BCUT2D eigenvalue weighted by molar-refractivity contribution is 8.13. The maximum absolute atomic E-state index is 11.2. The average Bonchev–Trinajstić information content (AvgIpc) is 2.25. The maximum atomic E-state index is 11.2. The van der Waals surface area contributed by atoms with Crippen molar-refractivity contribution in [2.45, 2.75) is 18.2 Å². The van der Waals surface area contributed by atoms with Gasteiger partial charge in [0.2, 0.25) is 0 Å². The van der Waals surface area contributed by atoms with Gasteiger partial charge in [0.1, 0.15) is 11.0 Å². The Morgan fingerprint density at radius 1 is 1.53 bits per heavy atom. The molecule has 1 aromatic carbocycles. The monoisotopic (exact) mass is 274 g/mol. The van der Waals surface area contributed by atoms with E-state index in [4.69, 9.17) is 15.9 Å². The predicted octanol–water partition coefficient (Wildman–Crippen LogP) is 1.96. The van der Waals surface area contributed by atoms with E-state index in [1.54, 1.807) is 13.0 Å². The highest BCUT2D eigenvalue weighted by Gasteiger charge is 2.23. The van der Waals surface area contributed by atoms with Crippen LogP contribution in [0, 0.1) is 21.4 Å². The first kappa shape index (κ1) is 13.4. The number of hydrogen-bond acceptors (Lipinski definition) is 5. The second kappa shape index (κ2) is 4.69. The molecule has 0 aliphatic carbocycles. The Hall–Kier alpha value is -1.65. The zero-order chi connectivity index (χ0) is 13.2. The number of rotatable bonds is 3. The molecular weight excluding hydrogens is 268 g/mol. The molecule has 90 valence electrons. The predicted molar refractivity (Wildman–Crippen MR) is 60.2 cm³/mol. The third-order valence-corrected chi connectivity index (χ3v) is 3.50. The number of nitrogens with zero attached hydrogens (tertiary/aromatic N) is 2. The van der Waals surface area contributed by atoms with Gasteiger partial charge in [-0.1, -0.05) is 6.92 Å². The lowest BCUT2D eigenvalue weighted by Gasteiger charge is -2.04. The van der Waals surface area contributed by atoms with Gasteiger partial charge >= 0.3 is 0 Å². The topological polar surface area (TPSA) is 101 Å². The van der Waals surface area contributed by atoms with Crippen LogP contribution in [-0.2, 0) is 15.5 Å². The second-order valence-corrected chi connectivity index (χ2v) is 5.67. The van der Waals surface area contributed by atoms with Gasteiger partial charge in [-0.05, 0) is 12.5 Å². The Morgan fingerprint density at radius 3 is 2.47 bits per heavy atom. The van der Waals surface area contributed by atoms with Crippen LogP contribution in [0.5, 0.6) is 0 Å². The van der Waals surface area contributed by atoms with E-state index < -0.39 is 18.9 Å². The normalized spacial score (nSPS) is 10.9. The number of nitriles is 1. The number of benzene rings is 1. The van der Waals surface area contributed by atoms with E-state index in [0.717, 1.165) is 12.1 Å². The molecule has 1 aromatic rings. The van der Waals surface area contributed by atoms with Crippen molar-refractivity contribution in [2.75, 3.05) is 0 Å². The van der Waals surface area contributed by atoms with E-state index in [1.807, 2.05) is 0 Å². The third kappa shape index (κ3) is 2.72. The summed E-state index contributed by atoms with van der Waals surface area (Å²) in [7, 11) is 1.06. The first-order valence-electron chi connectivity index (χ1n) is 4.47. The second-order valence-electron chi connectivity index (χ2n) is 3.14. The first-order valence-corrected chi connectivity index (χ1v) is 6.78. The van der Waals surface area contributed by atoms with Crippen LogP contribution in [-0.4, -0.2) is 13.3 Å². The van der Waals surface area contributed by atoms with Crippen molar-refractivity contribution in [3.05, 3.63) is 33.4 Å². The van der Waals surface area contributed by atoms with E-state index in [2.05, 4.69) is 0 Å². The van der Waals surface area contributed by atoms with Crippen LogP contribution in [0.1, 0.15) is 18.1 Å². The summed E-state index contributed by atoms with van der Waals surface area (Å²) in [6.45, 7) is 1.64. The molecule has 8 heteroatoms. The van der Waals surface area contributed by atoms with Gasteiger partial charge in [-0.2, -0.15) is 5.26 Å². The molecule has 0 heterocycles. The number of hydrogen-bond donors (Lipinski definition) is 0. The van der Waals surface area contributed by atoms with E-state index in [9.17, 15) is 18.5 Å². The van der Waals surface area contributed by atoms with Gasteiger partial charge in [0.05, 0.1) is 10.5 Å². The van der Waals surface area contributed by atoms with Gasteiger partial charge in [-0.15, -0.1) is 0 Å². The van der Waals surface area contributed by atoms with Crippen LogP contribution in [0.4, 0.5) is 5.69 Å². The summed E-state index contributed by atoms with van der Waals surface area (Å²) in [5.41, 5.74) is -0.398. The summed E-state index contributed by atoms with van der Waals surface area (Å²) in [6.07, 6.45) is 0.265. The molecule has 0 atom stereocenters. The number of halogens is 1. The highest BCUT2D eigenvalue weighted by Crippen LogP contribution is 2.28. The fourth-order valence-electron chi connectivity index (χ4n) is 1.35. The minimum atomic E-state index is -4.09. The molecule has 0 radical (unpaired) electrons. The summed E-state index contributed by atoms with van der Waals surface area (Å²) >= 11 is 0. The van der Waals surface area contributed by atoms with Crippen LogP contribution in [0.3, 0.4) is 0 Å². The molecule has 0 aromatic heterocycles. The van der Waals surface area contributed by atoms with Crippen molar-refractivity contribution >= 4 is 25.4 Å². The van der Waals surface area contributed by atoms with Crippen molar-refractivity contribution in [3.63, 3.8) is 0 Å². The molecular formula is C9H7ClN2O4S. The van der Waals surface area contributed by atoms with Crippen molar-refractivity contribution in [1.82, 2.24) is 0 Å². The van der Waals surface area contributed by atoms with E-state index >= 15 is 0 Å². The fraction of sp³-hybridized carbons (Fsp3) is 0.222. The zero-order valence-corrected chi connectivity index (χ0v) is 10.2. The zero-order valence-electron chi connectivity index (χ0n) is 8.68. The number of aryl methyl sites for hydroxylation is 1. The molecule has 0 aliphatic heterocycles. The van der Waals surface area contributed by atoms with Gasteiger partial charge in [-0.3, -0.25) is 10.1 Å². The lowest BCUT2D eigenvalue weighted by molar-refractivity contribution is -0.385. The molecule has 0 unspecified atom stereocenters. The van der Waals surface area contributed by atoms with E-state index in [-0.39, 0.29) is 23.2 Å². The molecule has 0 N–H and O–H groups in total. The molecule has 0 aliphatic rings. The lowest BCUT2D eigenvalue weighted by Crippen LogP contribution is -2.01. The largest absolute Gasteiger partial charge is 0.273 e. The molecule has 1 rings (SSSR count). The van der Waals surface area contributed by atoms with Gasteiger partial charge in [0.15, 0.2) is 0 Å². The van der Waals surface area contributed by atoms with Crippen LogP contribution >= 0.6 is 10.7 Å². The number of nitro groups is 1. The van der Waals surface area contributed by atoms with Crippen LogP contribution in [0.15, 0.2) is 17.0 Å². The Bertz CT molecular complexity index is 619. The smallest absolute Gasteiger partial charge is 0.258 e. The lowest BCUT2D eigenvalue weighted by atomic mass is 10.1. The van der Waals surface area contributed by atoms with Gasteiger partial charge in [-0.25, -0.2) is 8.42 Å². The molecule has 0 spiro atoms. The van der Waals surface area contributed by atoms with Crippen molar-refractivity contribution in [3.8, 4) is 6.07 Å². The van der Waals surface area contributed by atoms with Gasteiger partial charge in [0, 0.05) is 22.3 Å². The van der Waals surface area contributed by atoms with Crippen molar-refractivity contribution in [2.24, 2.45) is 0 Å². The van der Waals surface area contributed by atoms with Crippen LogP contribution in [0.2, 0.25) is 0 Å². The quantitative estimate of drug-likeness (QED) is 0.476. The molecule has 0 amide bonds. The van der Waals surface area contributed by atoms with Crippen molar-refractivity contribution in [1.29, 1.82) is 5.26 Å². The summed E-state index contributed by atoms with van der Waals surface area (Å²) in [5, 5.41) is 19.5. The first-order chi connectivity index (χ1) is 7.81. The number of nitro benzene ring substituents is 1. The molecule has 0 fully saturated rings. The molecule has 0 bridgehead atoms. The summed E-state index contributed by atoms with van der Waals surface area (Å²) in [5.74, 6) is 0. The van der Waals surface area contributed by atoms with Gasteiger partial charge < -0.3 is 0 Å². The van der Waals surface area contributed by atoms with Crippen molar-refractivity contribution < 1.29 is 13.3 Å². The highest BCUT2D eigenvalue weighted by atomic mass is 35.7. The van der Waals surface area contributed by atoms with Crippen LogP contribution in [0.25, 0.3) is 0 Å². The average molecular weight is 275 g/mol. The molecule has 0 saturated heterocycles. The van der Waals surface area contributed by atoms with Gasteiger partial charge in [0.25, 0.3) is 14.7 Å². The van der Waals surface area contributed by atoms with E-state index in [1.165, 1.54) is 0 Å². The minimum absolute atomic E-state index is 0.216. The Kier molecular flexibility index (Phi) is 3.70. The maximum Gasteiger partial charge on any atom is 0.273 e. The Balaban J connectivity index is 3.68. The summed E-state index contributed by atoms with van der Waals surface area (Å²) < 4.78 is 22.4. The van der Waals surface area contributed by atoms with E-state index in [0.29, 0.717) is 0 Å². The molecule has 0 saturated carbocycles. The fourth-order valence-corrected chi connectivity index (χ4v) is 2.39.